The Labute approximate surface area is 132 Å². The van der Waals surface area contributed by atoms with Crippen molar-refractivity contribution in [2.75, 3.05) is 27.2 Å². The van der Waals surface area contributed by atoms with E-state index in [2.05, 4.69) is 10.3 Å². The molecule has 0 unspecified atom stereocenters. The molecule has 0 aromatic carbocycles. The first-order valence-electron chi connectivity index (χ1n) is 7.98. The van der Waals surface area contributed by atoms with Gasteiger partial charge in [-0.2, -0.15) is 0 Å². The highest BCUT2D eigenvalue weighted by molar-refractivity contribution is 5.80. The molecule has 1 amide bonds. The molecule has 1 saturated carbocycles. The van der Waals surface area contributed by atoms with Crippen LogP contribution in [0.3, 0.4) is 0 Å². The first-order valence-corrected chi connectivity index (χ1v) is 7.98. The minimum atomic E-state index is 0.190. The molecule has 1 aliphatic carbocycles. The average Bonchev–Trinajstić information content (AvgIpc) is 2.82. The Kier molecular flexibility index (Phi) is 4.08. The van der Waals surface area contributed by atoms with Crippen LogP contribution in [-0.2, 0) is 11.3 Å². The van der Waals surface area contributed by atoms with Crippen molar-refractivity contribution in [1.82, 2.24) is 15.2 Å². The van der Waals surface area contributed by atoms with Gasteiger partial charge in [0.25, 0.3) is 0 Å². The molecule has 1 aromatic heterocycles. The zero-order chi connectivity index (χ0) is 15.9. The Balaban J connectivity index is 1.71. The van der Waals surface area contributed by atoms with E-state index < -0.39 is 0 Å². The SMILES string of the molecule is COc1nc(C)cc(C)c1CN(C)C(=O)[C@@H]1C[C@H]2CNC[C@H]21. The van der Waals surface area contributed by atoms with Crippen LogP contribution in [0.1, 0.15) is 23.2 Å². The number of methoxy groups -OCH3 is 1. The molecule has 2 aliphatic rings. The molecule has 2 heterocycles. The molecule has 1 saturated heterocycles. The van der Waals surface area contributed by atoms with Gasteiger partial charge >= 0.3 is 0 Å². The third-order valence-corrected chi connectivity index (χ3v) is 5.19. The lowest BCUT2D eigenvalue weighted by atomic mass is 9.66. The normalized spacial score (nSPS) is 26.3. The van der Waals surface area contributed by atoms with Crippen LogP contribution in [-0.4, -0.2) is 43.0 Å². The van der Waals surface area contributed by atoms with Crippen molar-refractivity contribution in [3.05, 3.63) is 22.9 Å². The maximum atomic E-state index is 12.7. The Hall–Kier alpha value is -1.62. The number of nitrogens with one attached hydrogen (secondary N) is 1. The Bertz CT molecular complexity index is 588. The molecule has 22 heavy (non-hydrogen) atoms. The first kappa shape index (κ1) is 15.3. The minimum Gasteiger partial charge on any atom is -0.481 e. The number of amides is 1. The number of ether oxygens (including phenoxy) is 1. The van der Waals surface area contributed by atoms with Crippen LogP contribution < -0.4 is 10.1 Å². The van der Waals surface area contributed by atoms with Crippen LogP contribution in [0, 0.1) is 31.6 Å². The predicted octanol–water partition coefficient (Wildman–Crippen LogP) is 1.52. The van der Waals surface area contributed by atoms with Crippen LogP contribution in [0.25, 0.3) is 0 Å². The standard InChI is InChI=1S/C17H25N3O2/c1-10-5-11(2)19-16(22-4)15(10)9-20(3)17(21)13-6-12-7-18-8-14(12)13/h5,12-14,18H,6-9H2,1-4H3/t12-,13+,14+/m0/s1. The summed E-state index contributed by atoms with van der Waals surface area (Å²) in [5, 5.41) is 3.39. The second kappa shape index (κ2) is 5.88. The highest BCUT2D eigenvalue weighted by atomic mass is 16.5. The molecule has 5 heteroatoms. The van der Waals surface area contributed by atoms with Gasteiger partial charge in [0.1, 0.15) is 0 Å². The molecule has 2 fully saturated rings. The molecule has 0 radical (unpaired) electrons. The maximum Gasteiger partial charge on any atom is 0.226 e. The minimum absolute atomic E-state index is 0.190. The third kappa shape index (κ3) is 2.58. The molecule has 5 nitrogen and oxygen atoms in total. The lowest BCUT2D eigenvalue weighted by Gasteiger charge is -2.40. The first-order chi connectivity index (χ1) is 10.5. The predicted molar refractivity (Wildman–Crippen MR) is 84.7 cm³/mol. The van der Waals surface area contributed by atoms with Gasteiger partial charge in [-0.25, -0.2) is 4.98 Å². The summed E-state index contributed by atoms with van der Waals surface area (Å²) in [6.07, 6.45) is 1.03. The van der Waals surface area contributed by atoms with Crippen molar-refractivity contribution in [2.45, 2.75) is 26.8 Å². The number of fused-ring (bicyclic) bond motifs is 1. The number of aryl methyl sites for hydroxylation is 2. The summed E-state index contributed by atoms with van der Waals surface area (Å²) in [7, 11) is 3.52. The number of pyridine rings is 1. The van der Waals surface area contributed by atoms with Gasteiger partial charge in [0.15, 0.2) is 0 Å². The number of carbonyl (C=O) groups excluding carboxylic acids is 1. The third-order valence-electron chi connectivity index (χ3n) is 5.19. The van der Waals surface area contributed by atoms with E-state index in [0.29, 0.717) is 24.3 Å². The van der Waals surface area contributed by atoms with E-state index in [1.807, 2.05) is 31.9 Å². The fourth-order valence-corrected chi connectivity index (χ4v) is 3.86. The van der Waals surface area contributed by atoms with Crippen LogP contribution in [0.5, 0.6) is 5.88 Å². The maximum absolute atomic E-state index is 12.7. The molecular weight excluding hydrogens is 278 g/mol. The van der Waals surface area contributed by atoms with E-state index in [9.17, 15) is 4.79 Å². The van der Waals surface area contributed by atoms with E-state index in [1.165, 1.54) is 0 Å². The quantitative estimate of drug-likeness (QED) is 0.916. The van der Waals surface area contributed by atoms with Crippen molar-refractivity contribution in [1.29, 1.82) is 0 Å². The van der Waals surface area contributed by atoms with Crippen molar-refractivity contribution >= 4 is 5.91 Å². The van der Waals surface area contributed by atoms with Crippen LogP contribution >= 0.6 is 0 Å². The zero-order valence-corrected chi connectivity index (χ0v) is 13.8. The lowest BCUT2D eigenvalue weighted by Crippen LogP contribution is -2.46. The molecule has 0 bridgehead atoms. The summed E-state index contributed by atoms with van der Waals surface area (Å²) < 4.78 is 5.40. The molecule has 1 aromatic rings. The largest absolute Gasteiger partial charge is 0.481 e. The smallest absolute Gasteiger partial charge is 0.226 e. The van der Waals surface area contributed by atoms with E-state index in [4.69, 9.17) is 4.74 Å². The highest BCUT2D eigenvalue weighted by Crippen LogP contribution is 2.43. The fourth-order valence-electron chi connectivity index (χ4n) is 3.86. The zero-order valence-electron chi connectivity index (χ0n) is 13.8. The van der Waals surface area contributed by atoms with Gasteiger partial charge in [-0.15, -0.1) is 0 Å². The molecule has 0 spiro atoms. The van der Waals surface area contributed by atoms with Crippen LogP contribution in [0.4, 0.5) is 0 Å². The molecule has 3 atom stereocenters. The Morgan fingerprint density at radius 1 is 1.45 bits per heavy atom. The van der Waals surface area contributed by atoms with Crippen LogP contribution in [0.15, 0.2) is 6.07 Å². The van der Waals surface area contributed by atoms with Gasteiger partial charge in [-0.1, -0.05) is 0 Å². The lowest BCUT2D eigenvalue weighted by molar-refractivity contribution is -0.142. The number of aromatic nitrogens is 1. The second-order valence-electron chi connectivity index (χ2n) is 6.69. The number of hydrogen-bond donors (Lipinski definition) is 1. The average molecular weight is 303 g/mol. The van der Waals surface area contributed by atoms with Crippen LogP contribution in [0.2, 0.25) is 0 Å². The van der Waals surface area contributed by atoms with E-state index in [-0.39, 0.29) is 11.8 Å². The number of nitrogens with zero attached hydrogens (tertiary/aromatic N) is 2. The van der Waals surface area contributed by atoms with E-state index >= 15 is 0 Å². The van der Waals surface area contributed by atoms with Gasteiger partial charge in [0, 0.05) is 24.2 Å². The van der Waals surface area contributed by atoms with Crippen molar-refractivity contribution in [3.8, 4) is 5.88 Å². The van der Waals surface area contributed by atoms with Gasteiger partial charge < -0.3 is 15.0 Å². The highest BCUT2D eigenvalue weighted by Gasteiger charge is 2.48. The van der Waals surface area contributed by atoms with E-state index in [0.717, 1.165) is 36.3 Å². The Morgan fingerprint density at radius 3 is 2.91 bits per heavy atom. The Morgan fingerprint density at radius 2 is 2.23 bits per heavy atom. The molecule has 1 N–H and O–H groups in total. The second-order valence-corrected chi connectivity index (χ2v) is 6.69. The summed E-state index contributed by atoms with van der Waals surface area (Å²) >= 11 is 0. The summed E-state index contributed by atoms with van der Waals surface area (Å²) in [5.74, 6) is 2.32. The van der Waals surface area contributed by atoms with Crippen molar-refractivity contribution in [3.63, 3.8) is 0 Å². The van der Waals surface area contributed by atoms with Gasteiger partial charge in [0.05, 0.1) is 13.7 Å². The fraction of sp³-hybridized carbons (Fsp3) is 0.647. The molecular formula is C17H25N3O2. The van der Waals surface area contributed by atoms with Gasteiger partial charge in [-0.05, 0) is 56.8 Å². The molecule has 120 valence electrons. The van der Waals surface area contributed by atoms with E-state index in [1.54, 1.807) is 7.11 Å². The molecule has 1 aliphatic heterocycles. The monoisotopic (exact) mass is 303 g/mol. The summed E-state index contributed by atoms with van der Waals surface area (Å²) in [5.41, 5.74) is 3.06. The number of carbonyl (C=O) groups is 1. The van der Waals surface area contributed by atoms with Gasteiger partial charge in [0.2, 0.25) is 11.8 Å². The van der Waals surface area contributed by atoms with Gasteiger partial charge in [-0.3, -0.25) is 4.79 Å². The number of hydrogen-bond acceptors (Lipinski definition) is 4. The molecule has 3 rings (SSSR count). The van der Waals surface area contributed by atoms with Crippen molar-refractivity contribution < 1.29 is 9.53 Å². The summed E-state index contributed by atoms with van der Waals surface area (Å²) in [4.78, 5) is 18.9. The topological polar surface area (TPSA) is 54.5 Å². The number of rotatable bonds is 4. The summed E-state index contributed by atoms with van der Waals surface area (Å²) in [6.45, 7) is 6.62. The summed E-state index contributed by atoms with van der Waals surface area (Å²) in [6, 6.07) is 2.04. The van der Waals surface area contributed by atoms with Crippen molar-refractivity contribution in [2.24, 2.45) is 17.8 Å².